The predicted octanol–water partition coefficient (Wildman–Crippen LogP) is 0.663. The van der Waals surface area contributed by atoms with E-state index in [4.69, 9.17) is 18.0 Å². The molecule has 0 spiro atoms. The molecule has 0 unspecified atom stereocenters. The first-order valence-electron chi connectivity index (χ1n) is 5.80. The van der Waals surface area contributed by atoms with Gasteiger partial charge in [0.25, 0.3) is 0 Å². The highest BCUT2D eigenvalue weighted by Gasteiger charge is 2.12. The van der Waals surface area contributed by atoms with Gasteiger partial charge in [-0.05, 0) is 11.6 Å². The highest BCUT2D eigenvalue weighted by atomic mass is 32.2. The van der Waals surface area contributed by atoms with Gasteiger partial charge in [0.15, 0.2) is 0 Å². The molecule has 0 amide bonds. The molecule has 0 atom stereocenters. The predicted molar refractivity (Wildman–Crippen MR) is 80.4 cm³/mol. The number of nitrogens with zero attached hydrogens (tertiary/aromatic N) is 1. The lowest BCUT2D eigenvalue weighted by Gasteiger charge is -2.07. The Morgan fingerprint density at radius 3 is 2.85 bits per heavy atom. The maximum Gasteiger partial charge on any atom is 0.216 e. The molecule has 0 saturated carbocycles. The van der Waals surface area contributed by atoms with Gasteiger partial charge in [0.1, 0.15) is 4.99 Å². The van der Waals surface area contributed by atoms with E-state index in [0.29, 0.717) is 11.1 Å². The molecule has 4 N–H and O–H groups in total. The second-order valence-electron chi connectivity index (χ2n) is 4.25. The summed E-state index contributed by atoms with van der Waals surface area (Å²) in [5, 5.41) is 6.37. The number of H-pyrrole nitrogens is 1. The van der Waals surface area contributed by atoms with Gasteiger partial charge >= 0.3 is 0 Å². The highest BCUT2D eigenvalue weighted by Crippen LogP contribution is 2.09. The maximum absolute atomic E-state index is 12.0. The van der Waals surface area contributed by atoms with Crippen molar-refractivity contribution in [2.24, 2.45) is 5.73 Å². The second-order valence-corrected chi connectivity index (χ2v) is 6.50. The highest BCUT2D eigenvalue weighted by molar-refractivity contribution is 7.88. The lowest BCUT2D eigenvalue weighted by Crippen LogP contribution is -2.24. The van der Waals surface area contributed by atoms with E-state index in [1.54, 1.807) is 36.7 Å². The number of rotatable bonds is 6. The maximum atomic E-state index is 12.0. The van der Waals surface area contributed by atoms with Crippen LogP contribution in [0.4, 0.5) is 0 Å². The Labute approximate surface area is 122 Å². The van der Waals surface area contributed by atoms with Crippen molar-refractivity contribution in [3.8, 4) is 0 Å². The first-order chi connectivity index (χ1) is 9.46. The van der Waals surface area contributed by atoms with Crippen LogP contribution in [0, 0.1) is 0 Å². The molecule has 0 aliphatic heterocycles. The van der Waals surface area contributed by atoms with Gasteiger partial charge in [-0.1, -0.05) is 30.4 Å². The molecule has 106 valence electrons. The third-order valence-electron chi connectivity index (χ3n) is 2.62. The zero-order valence-electron chi connectivity index (χ0n) is 10.5. The van der Waals surface area contributed by atoms with E-state index in [1.165, 1.54) is 0 Å². The smallest absolute Gasteiger partial charge is 0.216 e. The van der Waals surface area contributed by atoms with E-state index < -0.39 is 10.0 Å². The molecule has 2 aromatic rings. The summed E-state index contributed by atoms with van der Waals surface area (Å²) in [4.78, 5) is 0.246. The summed E-state index contributed by atoms with van der Waals surface area (Å²) in [6, 6.07) is 6.88. The molecule has 0 aliphatic carbocycles. The van der Waals surface area contributed by atoms with Crippen LogP contribution in [0.5, 0.6) is 0 Å². The van der Waals surface area contributed by atoms with E-state index in [0.717, 1.165) is 5.56 Å². The van der Waals surface area contributed by atoms with E-state index in [9.17, 15) is 8.42 Å². The number of aromatic amines is 1. The lowest BCUT2D eigenvalue weighted by molar-refractivity contribution is 0.580. The van der Waals surface area contributed by atoms with Crippen molar-refractivity contribution in [2.75, 3.05) is 0 Å². The first-order valence-corrected chi connectivity index (χ1v) is 7.86. The van der Waals surface area contributed by atoms with Crippen molar-refractivity contribution in [2.45, 2.75) is 12.3 Å². The Hall–Kier alpha value is -1.77. The summed E-state index contributed by atoms with van der Waals surface area (Å²) in [6.07, 6.45) is 3.20. The van der Waals surface area contributed by atoms with Crippen molar-refractivity contribution < 1.29 is 8.42 Å². The molecule has 1 aromatic heterocycles. The topological polar surface area (TPSA) is 101 Å². The van der Waals surface area contributed by atoms with Crippen molar-refractivity contribution in [3.05, 3.63) is 53.3 Å². The van der Waals surface area contributed by atoms with E-state index in [1.807, 2.05) is 0 Å². The number of thiocarbonyl (C=S) groups is 1. The molecule has 0 radical (unpaired) electrons. The number of hydrogen-bond donors (Lipinski definition) is 3. The standard InChI is InChI=1S/C12H14N4O2S2/c13-12(19)11-3-1-2-9(4-11)8-20(17,18)16-7-10-5-14-15-6-10/h1-6,16H,7-8H2,(H2,13,19)(H,14,15). The largest absolute Gasteiger partial charge is 0.389 e. The minimum atomic E-state index is -3.43. The molecule has 0 saturated heterocycles. The summed E-state index contributed by atoms with van der Waals surface area (Å²) in [5.74, 6) is -0.124. The molecule has 8 heteroatoms. The van der Waals surface area contributed by atoms with Crippen molar-refractivity contribution in [3.63, 3.8) is 0 Å². The molecule has 6 nitrogen and oxygen atoms in total. The Kier molecular flexibility index (Phi) is 4.48. The third-order valence-corrected chi connectivity index (χ3v) is 4.15. The normalized spacial score (nSPS) is 11.4. The monoisotopic (exact) mass is 310 g/mol. The first kappa shape index (κ1) is 14.6. The fourth-order valence-corrected chi connectivity index (χ4v) is 2.89. The van der Waals surface area contributed by atoms with Crippen LogP contribution in [-0.2, 0) is 22.3 Å². The number of nitrogens with two attached hydrogens (primary N) is 1. The number of aromatic nitrogens is 2. The van der Waals surface area contributed by atoms with E-state index in [2.05, 4.69) is 14.9 Å². The number of hydrogen-bond acceptors (Lipinski definition) is 4. The van der Waals surface area contributed by atoms with Crippen molar-refractivity contribution in [1.82, 2.24) is 14.9 Å². The zero-order chi connectivity index (χ0) is 14.6. The molecular weight excluding hydrogens is 296 g/mol. The van der Waals surface area contributed by atoms with Gasteiger partial charge in [0.05, 0.1) is 11.9 Å². The Balaban J connectivity index is 2.04. The van der Waals surface area contributed by atoms with Crippen LogP contribution in [0.25, 0.3) is 0 Å². The minimum absolute atomic E-state index is 0.124. The van der Waals surface area contributed by atoms with Crippen LogP contribution in [0.1, 0.15) is 16.7 Å². The van der Waals surface area contributed by atoms with E-state index >= 15 is 0 Å². The van der Waals surface area contributed by atoms with Crippen LogP contribution in [0.3, 0.4) is 0 Å². The Morgan fingerprint density at radius 1 is 1.40 bits per heavy atom. The van der Waals surface area contributed by atoms with Gasteiger partial charge in [-0.2, -0.15) is 5.10 Å². The minimum Gasteiger partial charge on any atom is -0.389 e. The molecule has 1 aromatic carbocycles. The van der Waals surface area contributed by atoms with Crippen LogP contribution in [-0.4, -0.2) is 23.6 Å². The fraction of sp³-hybridized carbons (Fsp3) is 0.167. The summed E-state index contributed by atoms with van der Waals surface area (Å²) < 4.78 is 26.4. The van der Waals surface area contributed by atoms with Gasteiger partial charge in [-0.15, -0.1) is 0 Å². The SMILES string of the molecule is NC(=S)c1cccc(CS(=O)(=O)NCc2cn[nH]c2)c1. The van der Waals surface area contributed by atoms with Gasteiger partial charge in [-0.3, -0.25) is 5.10 Å². The quantitative estimate of drug-likeness (QED) is 0.681. The molecule has 0 bridgehead atoms. The molecule has 0 fully saturated rings. The van der Waals surface area contributed by atoms with Crippen LogP contribution in [0.2, 0.25) is 0 Å². The third kappa shape index (κ3) is 4.12. The van der Waals surface area contributed by atoms with E-state index in [-0.39, 0.29) is 17.3 Å². The summed E-state index contributed by atoms with van der Waals surface area (Å²) in [7, 11) is -3.43. The van der Waals surface area contributed by atoms with Crippen LogP contribution < -0.4 is 10.5 Å². The van der Waals surface area contributed by atoms with Crippen LogP contribution in [0.15, 0.2) is 36.7 Å². The molecular formula is C12H14N4O2S2. The van der Waals surface area contributed by atoms with Crippen LogP contribution >= 0.6 is 12.2 Å². The summed E-state index contributed by atoms with van der Waals surface area (Å²) in [6.45, 7) is 0.202. The summed E-state index contributed by atoms with van der Waals surface area (Å²) in [5.41, 5.74) is 7.58. The molecule has 1 heterocycles. The number of nitrogens with one attached hydrogen (secondary N) is 2. The lowest BCUT2D eigenvalue weighted by atomic mass is 10.1. The number of benzene rings is 1. The zero-order valence-corrected chi connectivity index (χ0v) is 12.2. The van der Waals surface area contributed by atoms with Crippen molar-refractivity contribution in [1.29, 1.82) is 0 Å². The average molecular weight is 310 g/mol. The molecule has 2 rings (SSSR count). The van der Waals surface area contributed by atoms with Gasteiger partial charge in [0, 0.05) is 23.9 Å². The Morgan fingerprint density at radius 2 is 2.20 bits per heavy atom. The van der Waals surface area contributed by atoms with Gasteiger partial charge in [0.2, 0.25) is 10.0 Å². The summed E-state index contributed by atoms with van der Waals surface area (Å²) >= 11 is 4.87. The van der Waals surface area contributed by atoms with Crippen molar-refractivity contribution >= 4 is 27.2 Å². The Bertz CT molecular complexity index is 696. The number of sulfonamides is 1. The second kappa shape index (κ2) is 6.12. The average Bonchev–Trinajstić information content (AvgIpc) is 2.89. The molecule has 0 aliphatic rings. The fourth-order valence-electron chi connectivity index (χ4n) is 1.65. The van der Waals surface area contributed by atoms with Gasteiger partial charge in [-0.25, -0.2) is 13.1 Å². The van der Waals surface area contributed by atoms with Gasteiger partial charge < -0.3 is 5.73 Å². The molecule has 20 heavy (non-hydrogen) atoms.